The van der Waals surface area contributed by atoms with Crippen molar-refractivity contribution in [3.63, 3.8) is 0 Å². The molecular weight excluding hydrogens is 362 g/mol. The van der Waals surface area contributed by atoms with E-state index in [-0.39, 0.29) is 31.3 Å². The van der Waals surface area contributed by atoms with Crippen LogP contribution in [0.25, 0.3) is 11.3 Å². The van der Waals surface area contributed by atoms with Crippen molar-refractivity contribution in [2.75, 3.05) is 26.2 Å². The SMILES string of the molecule is CC(=O)N1CCN(C(=O)CCC(=O)OCc2ncc(-c3ccccc3)o2)CC1. The number of ether oxygens (including phenoxy) is 1. The number of carbonyl (C=O) groups is 3. The highest BCUT2D eigenvalue weighted by Crippen LogP contribution is 2.20. The minimum Gasteiger partial charge on any atom is -0.456 e. The van der Waals surface area contributed by atoms with Gasteiger partial charge in [-0.2, -0.15) is 0 Å². The van der Waals surface area contributed by atoms with Gasteiger partial charge in [-0.15, -0.1) is 0 Å². The molecule has 8 heteroatoms. The fourth-order valence-electron chi connectivity index (χ4n) is 2.97. The van der Waals surface area contributed by atoms with E-state index in [9.17, 15) is 14.4 Å². The average Bonchev–Trinajstić information content (AvgIpc) is 3.20. The van der Waals surface area contributed by atoms with Gasteiger partial charge in [-0.1, -0.05) is 30.3 Å². The lowest BCUT2D eigenvalue weighted by atomic mass is 10.2. The van der Waals surface area contributed by atoms with Crippen LogP contribution in [-0.4, -0.2) is 58.7 Å². The summed E-state index contributed by atoms with van der Waals surface area (Å²) in [6.45, 7) is 3.48. The van der Waals surface area contributed by atoms with Gasteiger partial charge in [0.1, 0.15) is 0 Å². The molecule has 0 N–H and O–H groups in total. The van der Waals surface area contributed by atoms with Crippen LogP contribution in [0.1, 0.15) is 25.7 Å². The Labute approximate surface area is 163 Å². The van der Waals surface area contributed by atoms with Crippen molar-refractivity contribution < 1.29 is 23.5 Å². The maximum absolute atomic E-state index is 12.2. The zero-order valence-corrected chi connectivity index (χ0v) is 15.8. The number of carbonyl (C=O) groups excluding carboxylic acids is 3. The molecule has 2 aromatic rings. The minimum atomic E-state index is -0.477. The standard InChI is InChI=1S/C20H23N3O5/c1-15(24)22-9-11-23(12-10-22)19(25)7-8-20(26)27-14-18-21-13-17(28-18)16-5-3-2-4-6-16/h2-6,13H,7-12,14H2,1H3. The third-order valence-corrected chi connectivity index (χ3v) is 4.59. The van der Waals surface area contributed by atoms with E-state index in [1.54, 1.807) is 16.0 Å². The molecule has 0 saturated carbocycles. The molecular formula is C20H23N3O5. The van der Waals surface area contributed by atoms with E-state index in [1.165, 1.54) is 6.92 Å². The van der Waals surface area contributed by atoms with Gasteiger partial charge < -0.3 is 19.0 Å². The van der Waals surface area contributed by atoms with Gasteiger partial charge >= 0.3 is 5.97 Å². The number of nitrogens with zero attached hydrogens (tertiary/aromatic N) is 3. The maximum atomic E-state index is 12.2. The summed E-state index contributed by atoms with van der Waals surface area (Å²) in [7, 11) is 0. The number of esters is 1. The van der Waals surface area contributed by atoms with Crippen molar-refractivity contribution in [2.45, 2.75) is 26.4 Å². The predicted molar refractivity (Wildman–Crippen MR) is 99.8 cm³/mol. The molecule has 0 aliphatic carbocycles. The fourth-order valence-corrected chi connectivity index (χ4v) is 2.97. The summed E-state index contributed by atoms with van der Waals surface area (Å²) in [5.74, 6) is 0.334. The van der Waals surface area contributed by atoms with Gasteiger partial charge in [0.2, 0.25) is 17.7 Å². The number of hydrogen-bond donors (Lipinski definition) is 0. The van der Waals surface area contributed by atoms with Crippen molar-refractivity contribution in [1.29, 1.82) is 0 Å². The summed E-state index contributed by atoms with van der Waals surface area (Å²) in [5, 5.41) is 0. The topological polar surface area (TPSA) is 93.0 Å². The number of piperazine rings is 1. The lowest BCUT2D eigenvalue weighted by molar-refractivity contribution is -0.148. The Morgan fingerprint density at radius 2 is 1.71 bits per heavy atom. The van der Waals surface area contributed by atoms with E-state index in [0.29, 0.717) is 37.8 Å². The predicted octanol–water partition coefficient (Wildman–Crippen LogP) is 1.86. The molecule has 148 valence electrons. The highest BCUT2D eigenvalue weighted by Gasteiger charge is 2.22. The number of hydrogen-bond acceptors (Lipinski definition) is 6. The maximum Gasteiger partial charge on any atom is 0.306 e. The number of aromatic nitrogens is 1. The van der Waals surface area contributed by atoms with Crippen LogP contribution in [0.5, 0.6) is 0 Å². The van der Waals surface area contributed by atoms with E-state index >= 15 is 0 Å². The largest absolute Gasteiger partial charge is 0.456 e. The molecule has 1 fully saturated rings. The van der Waals surface area contributed by atoms with E-state index in [1.807, 2.05) is 30.3 Å². The first-order valence-corrected chi connectivity index (χ1v) is 9.22. The number of benzene rings is 1. The number of oxazole rings is 1. The zero-order chi connectivity index (χ0) is 19.9. The normalized spacial score (nSPS) is 14.0. The second kappa shape index (κ2) is 9.16. The molecule has 2 amide bonds. The molecule has 1 aromatic carbocycles. The summed E-state index contributed by atoms with van der Waals surface area (Å²) in [6, 6.07) is 9.51. The van der Waals surface area contributed by atoms with Crippen LogP contribution in [0.3, 0.4) is 0 Å². The zero-order valence-electron chi connectivity index (χ0n) is 15.8. The molecule has 0 spiro atoms. The van der Waals surface area contributed by atoms with Gasteiger partial charge in [-0.05, 0) is 0 Å². The second-order valence-electron chi connectivity index (χ2n) is 6.53. The van der Waals surface area contributed by atoms with Crippen molar-refractivity contribution >= 4 is 17.8 Å². The van der Waals surface area contributed by atoms with Crippen molar-refractivity contribution in [3.8, 4) is 11.3 Å². The van der Waals surface area contributed by atoms with Crippen molar-refractivity contribution in [1.82, 2.24) is 14.8 Å². The fraction of sp³-hybridized carbons (Fsp3) is 0.400. The molecule has 8 nitrogen and oxygen atoms in total. The lowest BCUT2D eigenvalue weighted by Crippen LogP contribution is -2.50. The van der Waals surface area contributed by atoms with Crippen LogP contribution in [0, 0.1) is 0 Å². The molecule has 1 aliphatic rings. The Balaban J connectivity index is 1.39. The van der Waals surface area contributed by atoms with Crippen molar-refractivity contribution in [2.24, 2.45) is 0 Å². The molecule has 28 heavy (non-hydrogen) atoms. The van der Waals surface area contributed by atoms with E-state index in [0.717, 1.165) is 5.56 Å². The van der Waals surface area contributed by atoms with Gasteiger partial charge in [-0.25, -0.2) is 4.98 Å². The molecule has 1 aromatic heterocycles. The Morgan fingerprint density at radius 1 is 1.04 bits per heavy atom. The monoisotopic (exact) mass is 385 g/mol. The highest BCUT2D eigenvalue weighted by molar-refractivity contribution is 5.81. The molecule has 0 unspecified atom stereocenters. The first-order valence-electron chi connectivity index (χ1n) is 9.22. The molecule has 1 aliphatic heterocycles. The van der Waals surface area contributed by atoms with E-state index in [4.69, 9.17) is 9.15 Å². The van der Waals surface area contributed by atoms with Crippen molar-refractivity contribution in [3.05, 3.63) is 42.4 Å². The Bertz CT molecular complexity index is 825. The number of amides is 2. The third-order valence-electron chi connectivity index (χ3n) is 4.59. The first kappa shape index (κ1) is 19.6. The van der Waals surface area contributed by atoms with Crippen LogP contribution in [-0.2, 0) is 25.7 Å². The van der Waals surface area contributed by atoms with Gasteiger partial charge in [0, 0.05) is 45.1 Å². The third kappa shape index (κ3) is 5.18. The quantitative estimate of drug-likeness (QED) is 0.705. The Hall–Kier alpha value is -3.16. The average molecular weight is 385 g/mol. The molecule has 0 atom stereocenters. The summed E-state index contributed by atoms with van der Waals surface area (Å²) >= 11 is 0. The van der Waals surface area contributed by atoms with Crippen LogP contribution in [0.15, 0.2) is 40.9 Å². The van der Waals surface area contributed by atoms with Gasteiger partial charge in [-0.3, -0.25) is 14.4 Å². The smallest absolute Gasteiger partial charge is 0.306 e. The summed E-state index contributed by atoms with van der Waals surface area (Å²) in [6.07, 6.45) is 1.67. The van der Waals surface area contributed by atoms with Gasteiger partial charge in [0.25, 0.3) is 0 Å². The molecule has 1 saturated heterocycles. The number of rotatable bonds is 6. The van der Waals surface area contributed by atoms with E-state index < -0.39 is 5.97 Å². The Morgan fingerprint density at radius 3 is 2.39 bits per heavy atom. The van der Waals surface area contributed by atoms with Gasteiger partial charge in [0.05, 0.1) is 12.6 Å². The van der Waals surface area contributed by atoms with Crippen LogP contribution in [0.2, 0.25) is 0 Å². The molecule has 2 heterocycles. The van der Waals surface area contributed by atoms with E-state index in [2.05, 4.69) is 4.98 Å². The second-order valence-corrected chi connectivity index (χ2v) is 6.53. The van der Waals surface area contributed by atoms with Crippen LogP contribution >= 0.6 is 0 Å². The Kier molecular flexibility index (Phi) is 6.41. The first-order chi connectivity index (χ1) is 13.5. The van der Waals surface area contributed by atoms with Gasteiger partial charge in [0.15, 0.2) is 12.4 Å². The highest BCUT2D eigenvalue weighted by atomic mass is 16.5. The molecule has 0 bridgehead atoms. The minimum absolute atomic E-state index is 0.00198. The lowest BCUT2D eigenvalue weighted by Gasteiger charge is -2.34. The molecule has 0 radical (unpaired) electrons. The summed E-state index contributed by atoms with van der Waals surface area (Å²) in [5.41, 5.74) is 0.892. The summed E-state index contributed by atoms with van der Waals surface area (Å²) < 4.78 is 10.7. The molecule has 3 rings (SSSR count). The van der Waals surface area contributed by atoms with Crippen LogP contribution in [0.4, 0.5) is 0 Å². The summed E-state index contributed by atoms with van der Waals surface area (Å²) in [4.78, 5) is 42.9. The van der Waals surface area contributed by atoms with Crippen LogP contribution < -0.4 is 0 Å².